The van der Waals surface area contributed by atoms with Gasteiger partial charge in [0.1, 0.15) is 5.01 Å². The first kappa shape index (κ1) is 13.5. The number of aromatic nitrogens is 1. The van der Waals surface area contributed by atoms with E-state index in [2.05, 4.69) is 29.1 Å². The molecule has 5 heteroatoms. The molecule has 0 aliphatic carbocycles. The monoisotopic (exact) mass is 267 g/mol. The molecule has 1 aliphatic heterocycles. The van der Waals surface area contributed by atoms with Crippen LogP contribution in [0.4, 0.5) is 0 Å². The molecule has 18 heavy (non-hydrogen) atoms. The lowest BCUT2D eigenvalue weighted by Crippen LogP contribution is -2.62. The van der Waals surface area contributed by atoms with Crippen molar-refractivity contribution in [1.29, 1.82) is 0 Å². The van der Waals surface area contributed by atoms with Crippen molar-refractivity contribution >= 4 is 17.2 Å². The zero-order valence-electron chi connectivity index (χ0n) is 11.7. The first-order valence-corrected chi connectivity index (χ1v) is 7.23. The molecule has 0 spiro atoms. The highest BCUT2D eigenvalue weighted by Crippen LogP contribution is 2.24. The van der Waals surface area contributed by atoms with E-state index in [0.29, 0.717) is 6.04 Å². The smallest absolute Gasteiger partial charge is 0.239 e. The van der Waals surface area contributed by atoms with Gasteiger partial charge in [-0.1, -0.05) is 0 Å². The van der Waals surface area contributed by atoms with Crippen LogP contribution >= 0.6 is 11.3 Å². The largest absolute Gasteiger partial charge is 0.340 e. The number of hydrogen-bond acceptors (Lipinski definition) is 4. The van der Waals surface area contributed by atoms with Gasteiger partial charge in [-0.15, -0.1) is 11.3 Å². The molecule has 1 aromatic rings. The number of carbonyl (C=O) groups excluding carboxylic acids is 1. The van der Waals surface area contributed by atoms with Crippen LogP contribution in [-0.4, -0.2) is 45.9 Å². The summed E-state index contributed by atoms with van der Waals surface area (Å²) < 4.78 is 0. The van der Waals surface area contributed by atoms with Crippen molar-refractivity contribution < 1.29 is 4.79 Å². The number of rotatable bonds is 2. The molecule has 2 rings (SSSR count). The third-order valence-electron chi connectivity index (χ3n) is 4.02. The quantitative estimate of drug-likeness (QED) is 0.821. The van der Waals surface area contributed by atoms with Crippen LogP contribution in [0.15, 0.2) is 5.38 Å². The first-order chi connectivity index (χ1) is 8.41. The van der Waals surface area contributed by atoms with Crippen LogP contribution in [-0.2, 0) is 11.3 Å². The number of likely N-dealkylation sites (N-methyl/N-ethyl adjacent to an activating group) is 1. The van der Waals surface area contributed by atoms with E-state index in [9.17, 15) is 4.79 Å². The molecule has 0 aromatic carbocycles. The van der Waals surface area contributed by atoms with E-state index in [1.54, 1.807) is 11.3 Å². The summed E-state index contributed by atoms with van der Waals surface area (Å²) in [6.45, 7) is 9.05. The summed E-state index contributed by atoms with van der Waals surface area (Å²) in [7, 11) is 1.89. The Labute approximate surface area is 113 Å². The predicted octanol–water partition coefficient (Wildman–Crippen LogP) is 1.89. The fourth-order valence-corrected chi connectivity index (χ4v) is 3.28. The molecule has 0 radical (unpaired) electrons. The van der Waals surface area contributed by atoms with Crippen molar-refractivity contribution in [3.8, 4) is 0 Å². The summed E-state index contributed by atoms with van der Waals surface area (Å²) >= 11 is 1.67. The van der Waals surface area contributed by atoms with E-state index in [-0.39, 0.29) is 18.0 Å². The van der Waals surface area contributed by atoms with Gasteiger partial charge in [0.15, 0.2) is 0 Å². The normalized spacial score (nSPS) is 29.9. The third-order valence-corrected chi connectivity index (χ3v) is 4.97. The Balaban J connectivity index is 2.18. The molecule has 0 saturated carbocycles. The second-order valence-corrected chi connectivity index (χ2v) is 6.10. The Morgan fingerprint density at radius 3 is 2.56 bits per heavy atom. The van der Waals surface area contributed by atoms with Gasteiger partial charge < -0.3 is 4.90 Å². The minimum atomic E-state index is -0.0644. The van der Waals surface area contributed by atoms with Gasteiger partial charge in [-0.25, -0.2) is 4.98 Å². The topological polar surface area (TPSA) is 36.4 Å². The van der Waals surface area contributed by atoms with Crippen LogP contribution in [0, 0.1) is 6.92 Å². The standard InChI is InChI=1S/C13H21N3OS/c1-8-7-18-12(14-8)6-16-10(3)9(2)15(5)13(17)11(16)4/h7,9-11H,6H2,1-5H3/t9-,10-,11+/m0/s1. The predicted molar refractivity (Wildman–Crippen MR) is 73.6 cm³/mol. The van der Waals surface area contributed by atoms with E-state index in [0.717, 1.165) is 17.2 Å². The highest BCUT2D eigenvalue weighted by molar-refractivity contribution is 7.09. The summed E-state index contributed by atoms with van der Waals surface area (Å²) in [5.41, 5.74) is 1.06. The molecule has 1 saturated heterocycles. The highest BCUT2D eigenvalue weighted by atomic mass is 32.1. The molecule has 1 fully saturated rings. The fourth-order valence-electron chi connectivity index (χ4n) is 2.50. The molecule has 0 bridgehead atoms. The van der Waals surface area contributed by atoms with E-state index in [4.69, 9.17) is 0 Å². The van der Waals surface area contributed by atoms with E-state index in [1.807, 2.05) is 25.8 Å². The van der Waals surface area contributed by atoms with Gasteiger partial charge in [0.2, 0.25) is 5.91 Å². The van der Waals surface area contributed by atoms with Crippen LogP contribution in [0.5, 0.6) is 0 Å². The van der Waals surface area contributed by atoms with E-state index in [1.165, 1.54) is 0 Å². The van der Waals surface area contributed by atoms with Gasteiger partial charge in [-0.2, -0.15) is 0 Å². The Bertz CT molecular complexity index is 445. The maximum absolute atomic E-state index is 12.2. The van der Waals surface area contributed by atoms with Crippen molar-refractivity contribution in [3.05, 3.63) is 16.1 Å². The summed E-state index contributed by atoms with van der Waals surface area (Å²) in [4.78, 5) is 20.8. The summed E-state index contributed by atoms with van der Waals surface area (Å²) in [5.74, 6) is 0.203. The number of nitrogens with zero attached hydrogens (tertiary/aromatic N) is 3. The molecule has 0 N–H and O–H groups in total. The molecule has 1 amide bonds. The third kappa shape index (κ3) is 2.29. The van der Waals surface area contributed by atoms with Gasteiger partial charge in [0.25, 0.3) is 0 Å². The minimum Gasteiger partial charge on any atom is -0.340 e. The number of thiazole rings is 1. The second-order valence-electron chi connectivity index (χ2n) is 5.16. The van der Waals surface area contributed by atoms with Crippen molar-refractivity contribution in [3.63, 3.8) is 0 Å². The molecule has 2 heterocycles. The maximum Gasteiger partial charge on any atom is 0.239 e. The van der Waals surface area contributed by atoms with Crippen LogP contribution in [0.2, 0.25) is 0 Å². The van der Waals surface area contributed by atoms with E-state index >= 15 is 0 Å². The van der Waals surface area contributed by atoms with Crippen LogP contribution in [0.3, 0.4) is 0 Å². The summed E-state index contributed by atoms with van der Waals surface area (Å²) in [6, 6.07) is 0.534. The van der Waals surface area contributed by atoms with Crippen molar-refractivity contribution in [2.75, 3.05) is 7.05 Å². The van der Waals surface area contributed by atoms with E-state index < -0.39 is 0 Å². The molecular weight excluding hydrogens is 246 g/mol. The molecule has 4 nitrogen and oxygen atoms in total. The maximum atomic E-state index is 12.2. The number of hydrogen-bond donors (Lipinski definition) is 0. The van der Waals surface area contributed by atoms with Crippen LogP contribution < -0.4 is 0 Å². The lowest BCUT2D eigenvalue weighted by molar-refractivity contribution is -0.146. The van der Waals surface area contributed by atoms with Gasteiger partial charge in [0.05, 0.1) is 12.6 Å². The number of piperazine rings is 1. The zero-order chi connectivity index (χ0) is 13.4. The van der Waals surface area contributed by atoms with Gasteiger partial charge >= 0.3 is 0 Å². The Morgan fingerprint density at radius 2 is 2.00 bits per heavy atom. The Kier molecular flexibility index (Phi) is 3.73. The average Bonchev–Trinajstić information content (AvgIpc) is 2.75. The highest BCUT2D eigenvalue weighted by Gasteiger charge is 2.39. The van der Waals surface area contributed by atoms with Crippen molar-refractivity contribution in [2.24, 2.45) is 0 Å². The summed E-state index contributed by atoms with van der Waals surface area (Å²) in [6.07, 6.45) is 0. The first-order valence-electron chi connectivity index (χ1n) is 6.35. The van der Waals surface area contributed by atoms with Crippen LogP contribution in [0.25, 0.3) is 0 Å². The molecule has 1 aromatic heterocycles. The van der Waals surface area contributed by atoms with Gasteiger partial charge in [-0.3, -0.25) is 9.69 Å². The Morgan fingerprint density at radius 1 is 1.33 bits per heavy atom. The average molecular weight is 267 g/mol. The Hall–Kier alpha value is -0.940. The minimum absolute atomic E-state index is 0.0644. The summed E-state index contributed by atoms with van der Waals surface area (Å²) in [5, 5.41) is 3.15. The zero-order valence-corrected chi connectivity index (χ0v) is 12.5. The second kappa shape index (κ2) is 4.97. The van der Waals surface area contributed by atoms with Gasteiger partial charge in [-0.05, 0) is 27.7 Å². The number of carbonyl (C=O) groups is 1. The lowest BCUT2D eigenvalue weighted by atomic mass is 10.0. The fraction of sp³-hybridized carbons (Fsp3) is 0.692. The number of amides is 1. The van der Waals surface area contributed by atoms with Crippen molar-refractivity contribution in [1.82, 2.24) is 14.8 Å². The van der Waals surface area contributed by atoms with Gasteiger partial charge in [0, 0.05) is 30.2 Å². The van der Waals surface area contributed by atoms with Crippen LogP contribution in [0.1, 0.15) is 31.5 Å². The molecule has 1 aliphatic rings. The SMILES string of the molecule is Cc1csc(CN2[C@H](C)C(=O)N(C)[C@@H](C)[C@@H]2C)n1. The number of aryl methyl sites for hydroxylation is 1. The molecule has 3 atom stereocenters. The molecule has 0 unspecified atom stereocenters. The molecular formula is C13H21N3OS. The van der Waals surface area contributed by atoms with Crippen molar-refractivity contribution in [2.45, 2.75) is 52.4 Å². The lowest BCUT2D eigenvalue weighted by Gasteiger charge is -2.46. The molecule has 100 valence electrons.